The van der Waals surface area contributed by atoms with Crippen LogP contribution in [0.4, 0.5) is 5.69 Å². The lowest BCUT2D eigenvalue weighted by Gasteiger charge is -2.29. The minimum atomic E-state index is -0.322. The Labute approximate surface area is 171 Å². The van der Waals surface area contributed by atoms with Gasteiger partial charge in [0.25, 0.3) is 0 Å². The first-order valence-electron chi connectivity index (χ1n) is 8.91. The quantitative estimate of drug-likeness (QED) is 0.807. The van der Waals surface area contributed by atoms with Crippen molar-refractivity contribution >= 4 is 36.4 Å². The molecule has 1 amide bonds. The molecule has 0 saturated carbocycles. The molecular formula is C18H25Cl2N5O2. The smallest absolute Gasteiger partial charge is 0.244 e. The zero-order valence-corrected chi connectivity index (χ0v) is 16.8. The molecular weight excluding hydrogens is 389 g/mol. The summed E-state index contributed by atoms with van der Waals surface area (Å²) in [5.41, 5.74) is 1.79. The van der Waals surface area contributed by atoms with E-state index in [1.807, 2.05) is 31.2 Å². The van der Waals surface area contributed by atoms with Gasteiger partial charge in [0.05, 0.1) is 12.7 Å². The van der Waals surface area contributed by atoms with Crippen molar-refractivity contribution in [2.45, 2.75) is 44.9 Å². The Morgan fingerprint density at radius 3 is 2.74 bits per heavy atom. The molecule has 0 radical (unpaired) electrons. The molecule has 27 heavy (non-hydrogen) atoms. The molecule has 0 bridgehead atoms. The Morgan fingerprint density at radius 2 is 2.00 bits per heavy atom. The van der Waals surface area contributed by atoms with Crippen molar-refractivity contribution in [3.63, 3.8) is 0 Å². The number of amides is 1. The van der Waals surface area contributed by atoms with Gasteiger partial charge in [-0.05, 0) is 44.0 Å². The molecule has 3 heterocycles. The number of carbonyl (C=O) groups excluding carboxylic acids is 1. The summed E-state index contributed by atoms with van der Waals surface area (Å²) >= 11 is 0. The van der Waals surface area contributed by atoms with Gasteiger partial charge < -0.3 is 19.9 Å². The van der Waals surface area contributed by atoms with E-state index in [1.54, 1.807) is 0 Å². The number of rotatable bonds is 3. The minimum Gasteiger partial charge on any atom is -0.375 e. The van der Waals surface area contributed by atoms with E-state index in [9.17, 15) is 4.79 Å². The first-order valence-corrected chi connectivity index (χ1v) is 8.91. The first kappa shape index (κ1) is 21.6. The number of aromatic nitrogens is 3. The molecule has 0 aliphatic carbocycles. The molecule has 1 fully saturated rings. The van der Waals surface area contributed by atoms with Gasteiger partial charge in [0.15, 0.2) is 5.82 Å². The van der Waals surface area contributed by atoms with Crippen molar-refractivity contribution in [1.82, 2.24) is 20.1 Å². The van der Waals surface area contributed by atoms with E-state index in [-0.39, 0.29) is 42.9 Å². The molecule has 1 saturated heterocycles. The molecule has 7 nitrogen and oxygen atoms in total. The molecule has 1 aromatic carbocycles. The number of carbonyl (C=O) groups is 1. The third-order valence-electron chi connectivity index (χ3n) is 4.87. The van der Waals surface area contributed by atoms with Crippen LogP contribution in [0.1, 0.15) is 25.6 Å². The van der Waals surface area contributed by atoms with Crippen LogP contribution >= 0.6 is 24.8 Å². The molecule has 0 unspecified atom stereocenters. The Morgan fingerprint density at radius 1 is 1.22 bits per heavy atom. The van der Waals surface area contributed by atoms with E-state index < -0.39 is 0 Å². The second-order valence-corrected chi connectivity index (χ2v) is 6.62. The largest absolute Gasteiger partial charge is 0.375 e. The number of anilines is 1. The normalized spacial score (nSPS) is 21.4. The standard InChI is InChI=1S/C18H23N5O2.2ClH/c1-12-16(19-9-11-25-12)18(24)20-14-7-5-13(6-8-14)17-22-21-15-4-2-3-10-23(15)17;;/h5-8,12,16,19H,2-4,9-11H2,1H3,(H,20,24);2*1H/t12-,16+;;/m1../s1. The van der Waals surface area contributed by atoms with Crippen LogP contribution in [0.25, 0.3) is 11.4 Å². The lowest BCUT2D eigenvalue weighted by molar-refractivity contribution is -0.123. The van der Waals surface area contributed by atoms with Crippen LogP contribution in [0.5, 0.6) is 0 Å². The van der Waals surface area contributed by atoms with Crippen LogP contribution in [0.15, 0.2) is 24.3 Å². The summed E-state index contributed by atoms with van der Waals surface area (Å²) in [6.07, 6.45) is 3.22. The predicted molar refractivity (Wildman–Crippen MR) is 109 cm³/mol. The highest BCUT2D eigenvalue weighted by Gasteiger charge is 2.28. The van der Waals surface area contributed by atoms with Gasteiger partial charge in [-0.1, -0.05) is 0 Å². The Kier molecular flexibility index (Phi) is 7.61. The second-order valence-electron chi connectivity index (χ2n) is 6.62. The van der Waals surface area contributed by atoms with Crippen LogP contribution in [-0.4, -0.2) is 46.0 Å². The van der Waals surface area contributed by atoms with Crippen molar-refractivity contribution in [2.75, 3.05) is 18.5 Å². The Bertz CT molecular complexity index is 766. The molecule has 9 heteroatoms. The van der Waals surface area contributed by atoms with Gasteiger partial charge in [-0.3, -0.25) is 4.79 Å². The molecule has 2 aliphatic heterocycles. The molecule has 0 spiro atoms. The number of halogens is 2. The number of morpholine rings is 1. The summed E-state index contributed by atoms with van der Waals surface area (Å²) in [5, 5.41) is 14.8. The van der Waals surface area contributed by atoms with Crippen LogP contribution < -0.4 is 10.6 Å². The molecule has 1 aromatic heterocycles. The molecule has 2 aromatic rings. The fourth-order valence-electron chi connectivity index (χ4n) is 3.47. The highest BCUT2D eigenvalue weighted by atomic mass is 35.5. The maximum Gasteiger partial charge on any atom is 0.244 e. The van der Waals surface area contributed by atoms with Gasteiger partial charge in [0.1, 0.15) is 11.9 Å². The number of hydrogen-bond donors (Lipinski definition) is 2. The molecule has 148 valence electrons. The number of benzene rings is 1. The third-order valence-corrected chi connectivity index (χ3v) is 4.87. The summed E-state index contributed by atoms with van der Waals surface area (Å²) in [5.74, 6) is 1.90. The molecule has 2 atom stereocenters. The van der Waals surface area contributed by atoms with Crippen molar-refractivity contribution < 1.29 is 9.53 Å². The summed E-state index contributed by atoms with van der Waals surface area (Å²) in [7, 11) is 0. The number of ether oxygens (including phenoxy) is 1. The van der Waals surface area contributed by atoms with Gasteiger partial charge in [-0.25, -0.2) is 0 Å². The van der Waals surface area contributed by atoms with Gasteiger partial charge >= 0.3 is 0 Å². The highest BCUT2D eigenvalue weighted by Crippen LogP contribution is 2.24. The van der Waals surface area contributed by atoms with E-state index in [0.717, 1.165) is 35.9 Å². The lowest BCUT2D eigenvalue weighted by atomic mass is 10.1. The Balaban J connectivity index is 0.00000131. The number of nitrogens with one attached hydrogen (secondary N) is 2. The SMILES string of the molecule is C[C@H]1OCCN[C@@H]1C(=O)Nc1ccc(-c2nnc3n2CCCC3)cc1.Cl.Cl. The van der Waals surface area contributed by atoms with E-state index in [0.29, 0.717) is 13.2 Å². The monoisotopic (exact) mass is 413 g/mol. The van der Waals surface area contributed by atoms with E-state index in [2.05, 4.69) is 25.4 Å². The summed E-state index contributed by atoms with van der Waals surface area (Å²) in [4.78, 5) is 12.4. The van der Waals surface area contributed by atoms with Crippen LogP contribution in [0.2, 0.25) is 0 Å². The summed E-state index contributed by atoms with van der Waals surface area (Å²) in [6.45, 7) is 4.22. The maximum absolute atomic E-state index is 12.4. The molecule has 2 N–H and O–H groups in total. The van der Waals surface area contributed by atoms with Gasteiger partial charge in [-0.15, -0.1) is 35.0 Å². The number of fused-ring (bicyclic) bond motifs is 1. The highest BCUT2D eigenvalue weighted by molar-refractivity contribution is 5.95. The molecule has 4 rings (SSSR count). The minimum absolute atomic E-state index is 0. The number of hydrogen-bond acceptors (Lipinski definition) is 5. The lowest BCUT2D eigenvalue weighted by Crippen LogP contribution is -2.53. The van der Waals surface area contributed by atoms with Crippen LogP contribution in [0.3, 0.4) is 0 Å². The zero-order valence-electron chi connectivity index (χ0n) is 15.2. The van der Waals surface area contributed by atoms with Crippen molar-refractivity contribution in [1.29, 1.82) is 0 Å². The van der Waals surface area contributed by atoms with Crippen molar-refractivity contribution in [3.05, 3.63) is 30.1 Å². The van der Waals surface area contributed by atoms with Gasteiger partial charge in [0, 0.05) is 30.8 Å². The summed E-state index contributed by atoms with van der Waals surface area (Å²) in [6, 6.07) is 7.46. The zero-order chi connectivity index (χ0) is 17.2. The van der Waals surface area contributed by atoms with Crippen molar-refractivity contribution in [3.8, 4) is 11.4 Å². The molecule has 2 aliphatic rings. The fraction of sp³-hybridized carbons (Fsp3) is 0.500. The third kappa shape index (κ3) is 4.60. The van der Waals surface area contributed by atoms with Gasteiger partial charge in [0.2, 0.25) is 5.91 Å². The fourth-order valence-corrected chi connectivity index (χ4v) is 3.47. The van der Waals surface area contributed by atoms with E-state index in [1.165, 1.54) is 12.8 Å². The van der Waals surface area contributed by atoms with E-state index in [4.69, 9.17) is 4.74 Å². The number of aryl methyl sites for hydroxylation is 1. The average Bonchev–Trinajstić information content (AvgIpc) is 3.07. The summed E-state index contributed by atoms with van der Waals surface area (Å²) < 4.78 is 7.73. The van der Waals surface area contributed by atoms with E-state index >= 15 is 0 Å². The van der Waals surface area contributed by atoms with Crippen LogP contribution in [-0.2, 0) is 22.5 Å². The maximum atomic E-state index is 12.4. The van der Waals surface area contributed by atoms with Crippen molar-refractivity contribution in [2.24, 2.45) is 0 Å². The Hall–Kier alpha value is -1.67. The van der Waals surface area contributed by atoms with Crippen LogP contribution in [0, 0.1) is 0 Å². The predicted octanol–water partition coefficient (Wildman–Crippen LogP) is 2.44. The first-order chi connectivity index (χ1) is 12.2. The van der Waals surface area contributed by atoms with Gasteiger partial charge in [-0.2, -0.15) is 0 Å². The number of nitrogens with zero attached hydrogens (tertiary/aromatic N) is 3. The second kappa shape index (κ2) is 9.50. The topological polar surface area (TPSA) is 81.1 Å². The average molecular weight is 414 g/mol.